The molecule has 4 atom stereocenters. The van der Waals surface area contributed by atoms with E-state index in [9.17, 15) is 15.0 Å². The SMILES string of the molecule is CCC[C@@H]1C[C@H](O)[C@@H](O)/C=C/[C@@H](OC)CC(=O)O1. The fraction of sp³-hybridized carbons (Fsp3) is 0.769. The second-order valence-corrected chi connectivity index (χ2v) is 4.56. The van der Waals surface area contributed by atoms with Crippen LogP contribution in [0.2, 0.25) is 0 Å². The molecule has 0 saturated heterocycles. The number of carbonyl (C=O) groups is 1. The molecule has 0 aromatic carbocycles. The van der Waals surface area contributed by atoms with Gasteiger partial charge in [0.2, 0.25) is 0 Å². The van der Waals surface area contributed by atoms with Gasteiger partial charge in [0, 0.05) is 13.5 Å². The molecule has 1 rings (SSSR count). The monoisotopic (exact) mass is 258 g/mol. The fourth-order valence-corrected chi connectivity index (χ4v) is 1.95. The number of hydrogen-bond donors (Lipinski definition) is 2. The van der Waals surface area contributed by atoms with Gasteiger partial charge in [0.15, 0.2) is 0 Å². The first kappa shape index (κ1) is 15.1. The van der Waals surface area contributed by atoms with Gasteiger partial charge in [-0.25, -0.2) is 0 Å². The lowest BCUT2D eigenvalue weighted by atomic mass is 10.0. The van der Waals surface area contributed by atoms with Crippen LogP contribution in [0.3, 0.4) is 0 Å². The third-order valence-electron chi connectivity index (χ3n) is 3.00. The Balaban J connectivity index is 2.78. The predicted molar refractivity (Wildman–Crippen MR) is 66.0 cm³/mol. The molecule has 0 aromatic rings. The van der Waals surface area contributed by atoms with Crippen molar-refractivity contribution in [3.05, 3.63) is 12.2 Å². The third-order valence-corrected chi connectivity index (χ3v) is 3.00. The van der Waals surface area contributed by atoms with Crippen molar-refractivity contribution in [2.45, 2.75) is 57.0 Å². The molecule has 1 aliphatic rings. The van der Waals surface area contributed by atoms with E-state index in [-0.39, 0.29) is 24.9 Å². The standard InChI is InChI=1S/C13H22O5/c1-3-4-10-7-12(15)11(14)6-5-9(17-2)8-13(16)18-10/h5-6,9-12,14-15H,3-4,7-8H2,1-2H3/b6-5+/t9-,10-,11+,12+/m1/s1. The Morgan fingerprint density at radius 3 is 2.78 bits per heavy atom. The normalized spacial score (nSPS) is 35.9. The minimum Gasteiger partial charge on any atom is -0.462 e. The number of methoxy groups -OCH3 is 1. The molecule has 0 saturated carbocycles. The summed E-state index contributed by atoms with van der Waals surface area (Å²) in [5, 5.41) is 19.5. The maximum atomic E-state index is 11.7. The summed E-state index contributed by atoms with van der Waals surface area (Å²) >= 11 is 0. The van der Waals surface area contributed by atoms with Crippen LogP contribution in [-0.4, -0.2) is 47.7 Å². The Hall–Kier alpha value is -0.910. The second kappa shape index (κ2) is 7.51. The van der Waals surface area contributed by atoms with Gasteiger partial charge in [-0.3, -0.25) is 4.79 Å². The van der Waals surface area contributed by atoms with Crippen LogP contribution in [0, 0.1) is 0 Å². The van der Waals surface area contributed by atoms with Crippen LogP contribution in [-0.2, 0) is 14.3 Å². The molecule has 1 aliphatic heterocycles. The Labute approximate surface area is 107 Å². The largest absolute Gasteiger partial charge is 0.462 e. The van der Waals surface area contributed by atoms with Crippen molar-refractivity contribution in [1.29, 1.82) is 0 Å². The molecule has 5 heteroatoms. The van der Waals surface area contributed by atoms with Crippen molar-refractivity contribution in [2.75, 3.05) is 7.11 Å². The minimum absolute atomic E-state index is 0.121. The van der Waals surface area contributed by atoms with Gasteiger partial charge in [-0.15, -0.1) is 0 Å². The lowest BCUT2D eigenvalue weighted by Gasteiger charge is -2.24. The van der Waals surface area contributed by atoms with E-state index < -0.39 is 18.3 Å². The quantitative estimate of drug-likeness (QED) is 0.578. The Morgan fingerprint density at radius 1 is 1.44 bits per heavy atom. The summed E-state index contributed by atoms with van der Waals surface area (Å²) < 4.78 is 10.4. The molecule has 0 radical (unpaired) electrons. The Bertz CT molecular complexity index is 289. The molecule has 0 spiro atoms. The van der Waals surface area contributed by atoms with Crippen LogP contribution in [0.25, 0.3) is 0 Å². The van der Waals surface area contributed by atoms with Gasteiger partial charge in [0.25, 0.3) is 0 Å². The van der Waals surface area contributed by atoms with Crippen molar-refractivity contribution in [3.63, 3.8) is 0 Å². The maximum absolute atomic E-state index is 11.7. The number of cyclic esters (lactones) is 1. The Morgan fingerprint density at radius 2 is 2.17 bits per heavy atom. The summed E-state index contributed by atoms with van der Waals surface area (Å²) in [5.41, 5.74) is 0. The van der Waals surface area contributed by atoms with Crippen molar-refractivity contribution in [3.8, 4) is 0 Å². The number of aliphatic hydroxyl groups is 2. The number of esters is 1. The van der Waals surface area contributed by atoms with Crippen LogP contribution in [0.4, 0.5) is 0 Å². The number of rotatable bonds is 3. The van der Waals surface area contributed by atoms with Gasteiger partial charge in [0.1, 0.15) is 6.10 Å². The van der Waals surface area contributed by atoms with E-state index in [1.807, 2.05) is 6.92 Å². The summed E-state index contributed by atoms with van der Waals surface area (Å²) in [6.45, 7) is 1.98. The molecular weight excluding hydrogens is 236 g/mol. The van der Waals surface area contributed by atoms with Crippen LogP contribution in [0.5, 0.6) is 0 Å². The zero-order chi connectivity index (χ0) is 13.5. The highest BCUT2D eigenvalue weighted by molar-refractivity contribution is 5.70. The van der Waals surface area contributed by atoms with E-state index >= 15 is 0 Å². The molecular formula is C13H22O5. The summed E-state index contributed by atoms with van der Waals surface area (Å²) in [6, 6.07) is 0. The highest BCUT2D eigenvalue weighted by atomic mass is 16.5. The number of aliphatic hydroxyl groups excluding tert-OH is 2. The van der Waals surface area contributed by atoms with Crippen LogP contribution in [0.15, 0.2) is 12.2 Å². The van der Waals surface area contributed by atoms with Crippen molar-refractivity contribution in [1.82, 2.24) is 0 Å². The van der Waals surface area contributed by atoms with E-state index in [1.54, 1.807) is 6.08 Å². The molecule has 0 unspecified atom stereocenters. The fourth-order valence-electron chi connectivity index (χ4n) is 1.95. The van der Waals surface area contributed by atoms with E-state index in [1.165, 1.54) is 13.2 Å². The topological polar surface area (TPSA) is 76.0 Å². The first-order valence-corrected chi connectivity index (χ1v) is 6.33. The average Bonchev–Trinajstić information content (AvgIpc) is 2.33. The molecule has 0 fully saturated rings. The molecule has 104 valence electrons. The van der Waals surface area contributed by atoms with Gasteiger partial charge < -0.3 is 19.7 Å². The van der Waals surface area contributed by atoms with Gasteiger partial charge in [-0.1, -0.05) is 25.5 Å². The first-order valence-electron chi connectivity index (χ1n) is 6.33. The number of hydrogen-bond acceptors (Lipinski definition) is 5. The van der Waals surface area contributed by atoms with Crippen LogP contribution in [0.1, 0.15) is 32.6 Å². The van der Waals surface area contributed by atoms with Gasteiger partial charge >= 0.3 is 5.97 Å². The molecule has 18 heavy (non-hydrogen) atoms. The number of carbonyl (C=O) groups excluding carboxylic acids is 1. The molecule has 0 amide bonds. The predicted octanol–water partition coefficient (Wildman–Crippen LogP) is 0.785. The lowest BCUT2D eigenvalue weighted by molar-refractivity contribution is -0.153. The highest BCUT2D eigenvalue weighted by Gasteiger charge is 2.25. The molecule has 0 aromatic heterocycles. The van der Waals surface area contributed by atoms with Gasteiger partial charge in [-0.2, -0.15) is 0 Å². The van der Waals surface area contributed by atoms with Gasteiger partial charge in [-0.05, 0) is 6.42 Å². The summed E-state index contributed by atoms with van der Waals surface area (Å²) in [6.07, 6.45) is 2.28. The van der Waals surface area contributed by atoms with E-state index in [4.69, 9.17) is 9.47 Å². The highest BCUT2D eigenvalue weighted by Crippen LogP contribution is 2.16. The summed E-state index contributed by atoms with van der Waals surface area (Å²) in [5.74, 6) is -0.339. The van der Waals surface area contributed by atoms with Crippen molar-refractivity contribution in [2.24, 2.45) is 0 Å². The minimum atomic E-state index is -0.959. The summed E-state index contributed by atoms with van der Waals surface area (Å²) in [4.78, 5) is 11.7. The van der Waals surface area contributed by atoms with E-state index in [0.717, 1.165) is 6.42 Å². The molecule has 1 heterocycles. The zero-order valence-electron chi connectivity index (χ0n) is 10.9. The average molecular weight is 258 g/mol. The summed E-state index contributed by atoms with van der Waals surface area (Å²) in [7, 11) is 1.49. The maximum Gasteiger partial charge on any atom is 0.309 e. The van der Waals surface area contributed by atoms with Crippen molar-refractivity contribution < 1.29 is 24.5 Å². The zero-order valence-corrected chi connectivity index (χ0v) is 10.9. The Kier molecular flexibility index (Phi) is 6.32. The number of ether oxygens (including phenoxy) is 2. The third kappa shape index (κ3) is 4.76. The van der Waals surface area contributed by atoms with Crippen molar-refractivity contribution >= 4 is 5.97 Å². The molecule has 5 nitrogen and oxygen atoms in total. The smallest absolute Gasteiger partial charge is 0.309 e. The molecule has 0 bridgehead atoms. The van der Waals surface area contributed by atoms with E-state index in [2.05, 4.69) is 0 Å². The van der Waals surface area contributed by atoms with Crippen LogP contribution >= 0.6 is 0 Å². The molecule has 0 aliphatic carbocycles. The molecule has 2 N–H and O–H groups in total. The van der Waals surface area contributed by atoms with Crippen LogP contribution < -0.4 is 0 Å². The lowest BCUT2D eigenvalue weighted by Crippen LogP contribution is -2.33. The first-order chi connectivity index (χ1) is 8.56. The van der Waals surface area contributed by atoms with E-state index in [0.29, 0.717) is 6.42 Å². The van der Waals surface area contributed by atoms with Gasteiger partial charge in [0.05, 0.1) is 24.7 Å². The second-order valence-electron chi connectivity index (χ2n) is 4.56.